The van der Waals surface area contributed by atoms with Gasteiger partial charge in [-0.25, -0.2) is 9.37 Å². The largest absolute Gasteiger partial charge is 0.393 e. The van der Waals surface area contributed by atoms with Crippen LogP contribution in [0.15, 0.2) is 42.9 Å². The molecule has 4 aliphatic rings. The number of carbonyl (C=O) groups excluding carboxylic acids is 1. The number of rotatable bonds is 6. The summed E-state index contributed by atoms with van der Waals surface area (Å²) in [6, 6.07) is 8.48. The number of carbonyl (C=O) groups is 1. The summed E-state index contributed by atoms with van der Waals surface area (Å²) in [5, 5.41) is 17.3. The van der Waals surface area contributed by atoms with Crippen LogP contribution < -0.4 is 10.2 Å². The zero-order valence-corrected chi connectivity index (χ0v) is 28.0. The summed E-state index contributed by atoms with van der Waals surface area (Å²) in [5.41, 5.74) is 3.92. The Kier molecular flexibility index (Phi) is 8.20. The number of amides is 1. The van der Waals surface area contributed by atoms with Gasteiger partial charge < -0.3 is 19.5 Å². The molecule has 48 heavy (non-hydrogen) atoms. The Morgan fingerprint density at radius 2 is 1.73 bits per heavy atom. The molecular weight excluding hydrogens is 609 g/mol. The standard InChI is InChI=1S/C36H46FN9O2/c1-42-17-12-36(13-18-42)22-45(23-36)25-10-15-44(16-11-25)27-5-8-30-31(19-27)46(26-3-6-28(47)7-4-26)35(40-30)41-34(48)29-9-14-38-33(32(29)37)24-20-39-43(2)21-24/h5,8-9,14,19-21,25-26,28,47H,3-4,6-7,10-13,15-18,22-23H2,1-2H3,(H,40,41,48). The van der Waals surface area contributed by atoms with Crippen molar-refractivity contribution in [3.63, 3.8) is 0 Å². The average Bonchev–Trinajstić information content (AvgIpc) is 3.67. The molecule has 8 rings (SSSR count). The SMILES string of the molecule is CN1CCC2(CC1)CN(C1CCN(c3ccc4nc(NC(=O)c5ccnc(-c6cnn(C)c6)c5F)n(C5CCC(O)CC5)c4c3)CC1)C2. The Morgan fingerprint density at radius 1 is 0.979 bits per heavy atom. The fourth-order valence-corrected chi connectivity index (χ4v) is 8.56. The van der Waals surface area contributed by atoms with Crippen molar-refractivity contribution < 1.29 is 14.3 Å². The topological polar surface area (TPSA) is 108 Å². The van der Waals surface area contributed by atoms with Gasteiger partial charge in [-0.2, -0.15) is 5.10 Å². The summed E-state index contributed by atoms with van der Waals surface area (Å²) >= 11 is 0. The first-order chi connectivity index (χ1) is 23.2. The molecule has 254 valence electrons. The zero-order valence-electron chi connectivity index (χ0n) is 28.0. The lowest BCUT2D eigenvalue weighted by Crippen LogP contribution is -2.63. The molecule has 0 radical (unpaired) electrons. The van der Waals surface area contributed by atoms with Gasteiger partial charge in [0.1, 0.15) is 5.69 Å². The Balaban J connectivity index is 1.02. The molecule has 1 aromatic carbocycles. The van der Waals surface area contributed by atoms with E-state index < -0.39 is 11.7 Å². The van der Waals surface area contributed by atoms with E-state index in [0.717, 1.165) is 55.5 Å². The van der Waals surface area contributed by atoms with Crippen molar-refractivity contribution in [2.24, 2.45) is 12.5 Å². The van der Waals surface area contributed by atoms with Gasteiger partial charge in [0.25, 0.3) is 5.91 Å². The number of benzene rings is 1. The van der Waals surface area contributed by atoms with Crippen LogP contribution in [0.3, 0.4) is 0 Å². The number of pyridine rings is 1. The van der Waals surface area contributed by atoms with E-state index >= 15 is 4.39 Å². The maximum atomic E-state index is 15.7. The van der Waals surface area contributed by atoms with Gasteiger partial charge in [-0.15, -0.1) is 0 Å². The Hall–Kier alpha value is -3.87. The number of fused-ring (bicyclic) bond motifs is 1. The second kappa shape index (κ2) is 12.5. The first kappa shape index (κ1) is 31.4. The average molecular weight is 656 g/mol. The van der Waals surface area contributed by atoms with Crippen LogP contribution in [0.25, 0.3) is 22.3 Å². The van der Waals surface area contributed by atoms with Gasteiger partial charge >= 0.3 is 0 Å². The van der Waals surface area contributed by atoms with Crippen LogP contribution in [0, 0.1) is 11.2 Å². The molecule has 3 aliphatic heterocycles. The van der Waals surface area contributed by atoms with Crippen LogP contribution in [0.2, 0.25) is 0 Å². The summed E-state index contributed by atoms with van der Waals surface area (Å²) in [6.07, 6.45) is 12.2. The number of hydrogen-bond donors (Lipinski definition) is 2. The maximum Gasteiger partial charge on any atom is 0.261 e. The van der Waals surface area contributed by atoms with E-state index in [1.54, 1.807) is 17.9 Å². The number of piperidine rings is 2. The molecule has 4 fully saturated rings. The number of aliphatic hydroxyl groups is 1. The van der Waals surface area contributed by atoms with Crippen molar-refractivity contribution in [1.29, 1.82) is 0 Å². The summed E-state index contributed by atoms with van der Waals surface area (Å²) in [6.45, 7) is 7.00. The lowest BCUT2D eigenvalue weighted by atomic mass is 9.71. The van der Waals surface area contributed by atoms with Crippen LogP contribution in [-0.4, -0.2) is 104 Å². The smallest absolute Gasteiger partial charge is 0.261 e. The van der Waals surface area contributed by atoms with Crippen molar-refractivity contribution in [2.45, 2.75) is 69.6 Å². The monoisotopic (exact) mass is 655 g/mol. The number of nitrogens with zero attached hydrogens (tertiary/aromatic N) is 8. The number of imidazole rings is 1. The molecule has 3 aromatic heterocycles. The first-order valence-electron chi connectivity index (χ1n) is 17.6. The Morgan fingerprint density at radius 3 is 2.44 bits per heavy atom. The van der Waals surface area contributed by atoms with Gasteiger partial charge in [0.05, 0.1) is 28.9 Å². The Labute approximate surface area is 280 Å². The highest BCUT2D eigenvalue weighted by molar-refractivity contribution is 6.05. The number of anilines is 2. The summed E-state index contributed by atoms with van der Waals surface area (Å²) in [5.74, 6) is -0.883. The third kappa shape index (κ3) is 5.88. The minimum absolute atomic E-state index is 0.0567. The minimum Gasteiger partial charge on any atom is -0.393 e. The molecule has 3 saturated heterocycles. The number of likely N-dealkylation sites (tertiary alicyclic amines) is 2. The van der Waals surface area contributed by atoms with Crippen LogP contribution in [0.5, 0.6) is 0 Å². The van der Waals surface area contributed by atoms with Crippen LogP contribution >= 0.6 is 0 Å². The number of aliphatic hydroxyl groups excluding tert-OH is 1. The van der Waals surface area contributed by atoms with Crippen molar-refractivity contribution in [2.75, 3.05) is 56.5 Å². The van der Waals surface area contributed by atoms with E-state index in [-0.39, 0.29) is 23.4 Å². The van der Waals surface area contributed by atoms with Gasteiger partial charge in [-0.05, 0) is 101 Å². The third-order valence-corrected chi connectivity index (χ3v) is 11.5. The molecule has 12 heteroatoms. The highest BCUT2D eigenvalue weighted by Gasteiger charge is 2.46. The number of aryl methyl sites for hydroxylation is 1. The summed E-state index contributed by atoms with van der Waals surface area (Å²) in [4.78, 5) is 30.3. The van der Waals surface area contributed by atoms with Crippen LogP contribution in [0.4, 0.5) is 16.0 Å². The Bertz CT molecular complexity index is 1790. The fourth-order valence-electron chi connectivity index (χ4n) is 8.56. The predicted molar refractivity (Wildman–Crippen MR) is 184 cm³/mol. The van der Waals surface area contributed by atoms with Gasteiger partial charge in [-0.1, -0.05) is 0 Å². The normalized spacial score (nSPS) is 23.9. The molecule has 0 atom stereocenters. The first-order valence-corrected chi connectivity index (χ1v) is 17.6. The van der Waals surface area contributed by atoms with Gasteiger partial charge in [-0.3, -0.25) is 24.7 Å². The molecule has 1 aliphatic carbocycles. The number of aromatic nitrogens is 5. The second-order valence-electron chi connectivity index (χ2n) is 14.7. The second-order valence-corrected chi connectivity index (χ2v) is 14.7. The van der Waals surface area contributed by atoms with Crippen LogP contribution in [-0.2, 0) is 7.05 Å². The highest BCUT2D eigenvalue weighted by atomic mass is 19.1. The molecule has 1 saturated carbocycles. The molecule has 1 spiro atoms. The van der Waals surface area contributed by atoms with Gasteiger partial charge in [0.2, 0.25) is 5.95 Å². The lowest BCUT2D eigenvalue weighted by molar-refractivity contribution is -0.0704. The van der Waals surface area contributed by atoms with Gasteiger partial charge in [0.15, 0.2) is 5.82 Å². The molecule has 6 heterocycles. The van der Waals surface area contributed by atoms with Crippen molar-refractivity contribution in [3.8, 4) is 11.3 Å². The molecule has 2 N–H and O–H groups in total. The van der Waals surface area contributed by atoms with Crippen LogP contribution in [0.1, 0.15) is 67.8 Å². The number of halogens is 1. The van der Waals surface area contributed by atoms with Crippen molar-refractivity contribution in [3.05, 3.63) is 54.2 Å². The molecule has 1 amide bonds. The van der Waals surface area contributed by atoms with E-state index in [0.29, 0.717) is 35.8 Å². The van der Waals surface area contributed by atoms with E-state index in [2.05, 4.69) is 53.8 Å². The molecule has 11 nitrogen and oxygen atoms in total. The molecular formula is C36H46FN9O2. The quantitative estimate of drug-likeness (QED) is 0.308. The molecule has 0 bridgehead atoms. The minimum atomic E-state index is -0.697. The van der Waals surface area contributed by atoms with E-state index in [9.17, 15) is 9.90 Å². The highest BCUT2D eigenvalue weighted by Crippen LogP contribution is 2.43. The number of nitrogens with one attached hydrogen (secondary N) is 1. The van der Waals surface area contributed by atoms with Crippen molar-refractivity contribution >= 4 is 28.6 Å². The van der Waals surface area contributed by atoms with Gasteiger partial charge in [0, 0.05) is 69.0 Å². The predicted octanol–water partition coefficient (Wildman–Crippen LogP) is 4.70. The lowest BCUT2D eigenvalue weighted by Gasteiger charge is -2.57. The van der Waals surface area contributed by atoms with E-state index in [1.165, 1.54) is 57.5 Å². The fraction of sp³-hybridized carbons (Fsp3) is 0.556. The van der Waals surface area contributed by atoms with E-state index in [4.69, 9.17) is 4.98 Å². The molecule has 4 aromatic rings. The number of hydrogen-bond acceptors (Lipinski definition) is 8. The molecule has 0 unspecified atom stereocenters. The summed E-state index contributed by atoms with van der Waals surface area (Å²) in [7, 11) is 3.99. The zero-order chi connectivity index (χ0) is 33.0. The summed E-state index contributed by atoms with van der Waals surface area (Å²) < 4.78 is 19.3. The van der Waals surface area contributed by atoms with Crippen molar-refractivity contribution in [1.82, 2.24) is 34.1 Å². The van der Waals surface area contributed by atoms with E-state index in [1.807, 2.05) is 6.07 Å². The third-order valence-electron chi connectivity index (χ3n) is 11.5. The maximum absolute atomic E-state index is 15.7.